The monoisotopic (exact) mass is 463 g/mol. The summed E-state index contributed by atoms with van der Waals surface area (Å²) in [6.07, 6.45) is 1.78. The summed E-state index contributed by atoms with van der Waals surface area (Å²) < 4.78 is 5.22. The fourth-order valence-corrected chi connectivity index (χ4v) is 3.28. The molecule has 0 aliphatic carbocycles. The Morgan fingerprint density at radius 2 is 1.73 bits per heavy atom. The van der Waals surface area contributed by atoms with Crippen molar-refractivity contribution >= 4 is 17.9 Å². The van der Waals surface area contributed by atoms with E-state index >= 15 is 0 Å². The molecule has 0 fully saturated rings. The van der Waals surface area contributed by atoms with Crippen molar-refractivity contribution in [1.29, 1.82) is 0 Å². The number of hydrogen-bond acceptors (Lipinski definition) is 5. The van der Waals surface area contributed by atoms with E-state index in [-0.39, 0.29) is 12.3 Å². The molecule has 0 saturated heterocycles. The van der Waals surface area contributed by atoms with Crippen molar-refractivity contribution in [2.24, 2.45) is 0 Å². The van der Waals surface area contributed by atoms with Crippen molar-refractivity contribution in [3.8, 4) is 5.75 Å². The fourth-order valence-electron chi connectivity index (χ4n) is 3.28. The van der Waals surface area contributed by atoms with E-state index in [0.29, 0.717) is 24.1 Å². The molecule has 186 valence electrons. The maximum Gasteiger partial charge on any atom is 0.408 e. The molecule has 0 heterocycles. The van der Waals surface area contributed by atoms with Gasteiger partial charge in [-0.25, -0.2) is 4.79 Å². The molecule has 1 aromatic rings. The van der Waals surface area contributed by atoms with Crippen molar-refractivity contribution in [2.45, 2.75) is 91.8 Å². The summed E-state index contributed by atoms with van der Waals surface area (Å²) in [5.41, 5.74) is -0.286. The Morgan fingerprint density at radius 3 is 2.27 bits per heavy atom. The van der Waals surface area contributed by atoms with Gasteiger partial charge >= 0.3 is 6.09 Å². The molecule has 8 nitrogen and oxygen atoms in total. The average Bonchev–Trinajstić information content (AvgIpc) is 2.65. The van der Waals surface area contributed by atoms with Crippen LogP contribution in [0.25, 0.3) is 0 Å². The Kier molecular flexibility index (Phi) is 10.2. The predicted octanol–water partition coefficient (Wildman–Crippen LogP) is 4.20. The van der Waals surface area contributed by atoms with Crippen LogP contribution in [0.15, 0.2) is 18.2 Å². The Hall–Kier alpha value is -2.77. The first-order valence-electron chi connectivity index (χ1n) is 11.5. The molecule has 3 N–H and O–H groups in total. The number of unbranched alkanes of at least 4 members (excludes halogenated alkanes) is 2. The molecule has 0 bridgehead atoms. The molecule has 0 radical (unpaired) electrons. The van der Waals surface area contributed by atoms with Crippen molar-refractivity contribution < 1.29 is 24.2 Å². The van der Waals surface area contributed by atoms with E-state index in [0.717, 1.165) is 12.8 Å². The van der Waals surface area contributed by atoms with Crippen LogP contribution in [0.3, 0.4) is 0 Å². The number of amides is 3. The number of nitrogens with one attached hydrogen (secondary N) is 2. The fraction of sp³-hybridized carbons (Fsp3) is 0.640. The zero-order chi connectivity index (χ0) is 25.4. The van der Waals surface area contributed by atoms with Crippen LogP contribution in [-0.4, -0.2) is 52.1 Å². The molecule has 0 aromatic heterocycles. The number of phenolic OH excluding ortho intramolecular Hbond substituents is 1. The Morgan fingerprint density at radius 1 is 1.09 bits per heavy atom. The third kappa shape index (κ3) is 9.72. The molecule has 8 heteroatoms. The van der Waals surface area contributed by atoms with Gasteiger partial charge in [0.2, 0.25) is 11.8 Å². The summed E-state index contributed by atoms with van der Waals surface area (Å²) in [7, 11) is 0. The van der Waals surface area contributed by atoms with E-state index in [1.165, 1.54) is 4.90 Å². The highest BCUT2D eigenvalue weighted by Gasteiger charge is 2.35. The summed E-state index contributed by atoms with van der Waals surface area (Å²) in [5, 5.41) is 16.2. The normalized spacial score (nSPS) is 12.6. The van der Waals surface area contributed by atoms with Crippen molar-refractivity contribution in [2.75, 3.05) is 13.1 Å². The maximum absolute atomic E-state index is 13.4. The first kappa shape index (κ1) is 28.3. The van der Waals surface area contributed by atoms with E-state index in [9.17, 15) is 19.5 Å². The van der Waals surface area contributed by atoms with Gasteiger partial charge in [0.1, 0.15) is 23.9 Å². The highest BCUT2D eigenvalue weighted by atomic mass is 16.6. The lowest BCUT2D eigenvalue weighted by atomic mass is 9.98. The molecule has 0 spiro atoms. The number of para-hydroxylation sites is 1. The smallest absolute Gasteiger partial charge is 0.408 e. The molecule has 1 unspecified atom stereocenters. The van der Waals surface area contributed by atoms with Crippen molar-refractivity contribution in [1.82, 2.24) is 15.5 Å². The number of aryl methyl sites for hydroxylation is 1. The van der Waals surface area contributed by atoms with Crippen LogP contribution in [0, 0.1) is 6.92 Å². The standard InChI is InChI=1S/C25H41N3O5/c1-9-10-11-15-28(19(29)16-26-23(32)33-25(6,7)8)20(22(31)27-24(3,4)5)18-14-12-13-17(2)21(18)30/h12-14,20,30H,9-11,15-16H2,1-8H3,(H,26,32)(H,27,31). The minimum atomic E-state index is -1.05. The van der Waals surface area contributed by atoms with Crippen LogP contribution >= 0.6 is 0 Å². The summed E-state index contributed by atoms with van der Waals surface area (Å²) in [6, 6.07) is 4.09. The molecule has 0 aliphatic heterocycles. The second-order valence-electron chi connectivity index (χ2n) is 10.3. The first-order chi connectivity index (χ1) is 15.2. The van der Waals surface area contributed by atoms with Gasteiger partial charge in [0, 0.05) is 17.6 Å². The van der Waals surface area contributed by atoms with Gasteiger partial charge in [0.15, 0.2) is 0 Å². The molecule has 1 atom stereocenters. The molecular formula is C25H41N3O5. The molecule has 33 heavy (non-hydrogen) atoms. The van der Waals surface area contributed by atoms with Crippen LogP contribution in [0.2, 0.25) is 0 Å². The van der Waals surface area contributed by atoms with Crippen LogP contribution in [0.4, 0.5) is 4.79 Å². The minimum Gasteiger partial charge on any atom is -0.507 e. The van der Waals surface area contributed by atoms with Gasteiger partial charge < -0.3 is 25.4 Å². The number of benzene rings is 1. The highest BCUT2D eigenvalue weighted by Crippen LogP contribution is 2.32. The molecule has 0 saturated carbocycles. The minimum absolute atomic E-state index is 0.0278. The predicted molar refractivity (Wildman–Crippen MR) is 129 cm³/mol. The van der Waals surface area contributed by atoms with Gasteiger partial charge in [0.05, 0.1) is 0 Å². The molecular weight excluding hydrogens is 422 g/mol. The summed E-state index contributed by atoms with van der Waals surface area (Å²) in [4.78, 5) is 40.2. The Bertz CT molecular complexity index is 824. The van der Waals surface area contributed by atoms with E-state index in [4.69, 9.17) is 4.74 Å². The van der Waals surface area contributed by atoms with Crippen LogP contribution in [0.1, 0.15) is 84.9 Å². The largest absolute Gasteiger partial charge is 0.507 e. The first-order valence-corrected chi connectivity index (χ1v) is 11.5. The van der Waals surface area contributed by atoms with Crippen molar-refractivity contribution in [3.63, 3.8) is 0 Å². The van der Waals surface area contributed by atoms with Crippen LogP contribution in [0.5, 0.6) is 5.75 Å². The van der Waals surface area contributed by atoms with E-state index < -0.39 is 35.1 Å². The zero-order valence-corrected chi connectivity index (χ0v) is 21.4. The van der Waals surface area contributed by atoms with E-state index in [2.05, 4.69) is 10.6 Å². The molecule has 0 aliphatic rings. The highest BCUT2D eigenvalue weighted by molar-refractivity contribution is 5.91. The SMILES string of the molecule is CCCCCN(C(=O)CNC(=O)OC(C)(C)C)C(C(=O)NC(C)(C)C)c1cccc(C)c1O. The van der Waals surface area contributed by atoms with E-state index in [1.807, 2.05) is 27.7 Å². The molecule has 1 rings (SSSR count). The zero-order valence-electron chi connectivity index (χ0n) is 21.4. The van der Waals surface area contributed by atoms with E-state index in [1.54, 1.807) is 45.9 Å². The summed E-state index contributed by atoms with van der Waals surface area (Å²) in [5.74, 6) is -0.864. The van der Waals surface area contributed by atoms with Gasteiger partial charge in [0.25, 0.3) is 0 Å². The Balaban J connectivity index is 3.32. The lowest BCUT2D eigenvalue weighted by Crippen LogP contribution is -2.51. The third-order valence-corrected chi connectivity index (χ3v) is 4.73. The number of hydrogen-bond donors (Lipinski definition) is 3. The second-order valence-corrected chi connectivity index (χ2v) is 10.3. The average molecular weight is 464 g/mol. The number of alkyl carbamates (subject to hydrolysis) is 1. The maximum atomic E-state index is 13.4. The second kappa shape index (κ2) is 11.9. The number of phenols is 1. The molecule has 1 aromatic carbocycles. The summed E-state index contributed by atoms with van der Waals surface area (Å²) >= 11 is 0. The number of nitrogens with zero attached hydrogens (tertiary/aromatic N) is 1. The number of carbonyl (C=O) groups excluding carboxylic acids is 3. The number of carbonyl (C=O) groups is 3. The number of aromatic hydroxyl groups is 1. The summed E-state index contributed by atoms with van der Waals surface area (Å²) in [6.45, 7) is 14.5. The third-order valence-electron chi connectivity index (χ3n) is 4.73. The lowest BCUT2D eigenvalue weighted by Gasteiger charge is -2.34. The Labute approximate surface area is 198 Å². The van der Waals surface area contributed by atoms with Gasteiger partial charge in [-0.1, -0.05) is 38.0 Å². The quantitative estimate of drug-likeness (QED) is 0.476. The van der Waals surface area contributed by atoms with Gasteiger partial charge in [-0.15, -0.1) is 0 Å². The van der Waals surface area contributed by atoms with Crippen molar-refractivity contribution in [3.05, 3.63) is 29.3 Å². The topological polar surface area (TPSA) is 108 Å². The molecule has 3 amide bonds. The van der Waals surface area contributed by atoms with Crippen LogP contribution < -0.4 is 10.6 Å². The van der Waals surface area contributed by atoms with Crippen LogP contribution in [-0.2, 0) is 14.3 Å². The lowest BCUT2D eigenvalue weighted by molar-refractivity contribution is -0.141. The van der Waals surface area contributed by atoms with Gasteiger partial charge in [-0.2, -0.15) is 0 Å². The van der Waals surface area contributed by atoms with Gasteiger partial charge in [-0.3, -0.25) is 9.59 Å². The number of rotatable bonds is 9. The number of ether oxygens (including phenoxy) is 1. The van der Waals surface area contributed by atoms with Gasteiger partial charge in [-0.05, 0) is 60.5 Å².